The van der Waals surface area contributed by atoms with Crippen molar-refractivity contribution in [2.24, 2.45) is 0 Å². The number of carbonyl (C=O) groups is 1. The van der Waals surface area contributed by atoms with Crippen LogP contribution < -0.4 is 9.47 Å². The monoisotopic (exact) mass is 251 g/mol. The molecule has 1 rings (SSSR count). The number of hydrogen-bond acceptors (Lipinski definition) is 3. The maximum Gasteiger partial charge on any atom is 0.253 e. The highest BCUT2D eigenvalue weighted by Gasteiger charge is 2.15. The molecule has 0 N–H and O–H groups in total. The Balaban J connectivity index is 3.03. The minimum atomic E-state index is 0.0172. The van der Waals surface area contributed by atoms with Crippen molar-refractivity contribution >= 4 is 5.91 Å². The van der Waals surface area contributed by atoms with Crippen molar-refractivity contribution in [2.75, 3.05) is 26.8 Å². The zero-order chi connectivity index (χ0) is 13.5. The van der Waals surface area contributed by atoms with Crippen LogP contribution in [0.4, 0.5) is 0 Å². The molecular formula is C14H21NO3. The first-order chi connectivity index (χ1) is 8.67. The third-order valence-corrected chi connectivity index (χ3v) is 2.76. The van der Waals surface area contributed by atoms with Crippen LogP contribution in [-0.4, -0.2) is 37.6 Å². The Morgan fingerprint density at radius 3 is 2.33 bits per heavy atom. The fourth-order valence-electron chi connectivity index (χ4n) is 1.77. The molecule has 0 aliphatic carbocycles. The van der Waals surface area contributed by atoms with Crippen molar-refractivity contribution in [1.82, 2.24) is 4.90 Å². The lowest BCUT2D eigenvalue weighted by atomic mass is 10.1. The van der Waals surface area contributed by atoms with Gasteiger partial charge in [-0.25, -0.2) is 0 Å². The highest BCUT2D eigenvalue weighted by molar-refractivity contribution is 5.94. The van der Waals surface area contributed by atoms with Gasteiger partial charge in [0.25, 0.3) is 5.91 Å². The molecule has 0 heterocycles. The average molecular weight is 251 g/mol. The molecule has 0 aromatic heterocycles. The highest BCUT2D eigenvalue weighted by atomic mass is 16.5. The van der Waals surface area contributed by atoms with Crippen molar-refractivity contribution in [3.8, 4) is 11.5 Å². The lowest BCUT2D eigenvalue weighted by molar-refractivity contribution is 0.0772. The molecule has 0 aliphatic rings. The first-order valence-corrected chi connectivity index (χ1v) is 6.27. The number of hydrogen-bond donors (Lipinski definition) is 0. The molecule has 0 saturated carbocycles. The second-order valence-corrected chi connectivity index (χ2v) is 3.78. The molecule has 0 saturated heterocycles. The van der Waals surface area contributed by atoms with E-state index < -0.39 is 0 Å². The van der Waals surface area contributed by atoms with Crippen molar-refractivity contribution in [3.63, 3.8) is 0 Å². The second kappa shape index (κ2) is 6.89. The fourth-order valence-corrected chi connectivity index (χ4v) is 1.77. The van der Waals surface area contributed by atoms with Crippen molar-refractivity contribution in [1.29, 1.82) is 0 Å². The quantitative estimate of drug-likeness (QED) is 0.780. The minimum Gasteiger partial charge on any atom is -0.493 e. The van der Waals surface area contributed by atoms with Crippen LogP contribution in [0.2, 0.25) is 0 Å². The minimum absolute atomic E-state index is 0.0172. The van der Waals surface area contributed by atoms with Gasteiger partial charge < -0.3 is 14.4 Å². The van der Waals surface area contributed by atoms with E-state index in [1.54, 1.807) is 30.2 Å². The summed E-state index contributed by atoms with van der Waals surface area (Å²) in [4.78, 5) is 14.0. The van der Waals surface area contributed by atoms with E-state index in [-0.39, 0.29) is 5.91 Å². The summed E-state index contributed by atoms with van der Waals surface area (Å²) in [6, 6.07) is 5.27. The van der Waals surface area contributed by atoms with Crippen LogP contribution in [0.1, 0.15) is 31.1 Å². The van der Waals surface area contributed by atoms with Crippen LogP contribution in [-0.2, 0) is 0 Å². The zero-order valence-electron chi connectivity index (χ0n) is 11.5. The third-order valence-electron chi connectivity index (χ3n) is 2.76. The number of methoxy groups -OCH3 is 1. The normalized spacial score (nSPS) is 10.0. The van der Waals surface area contributed by atoms with Gasteiger partial charge in [0.05, 0.1) is 13.7 Å². The van der Waals surface area contributed by atoms with Crippen molar-refractivity contribution in [2.45, 2.75) is 20.8 Å². The van der Waals surface area contributed by atoms with E-state index in [1.807, 2.05) is 20.8 Å². The number of amides is 1. The molecular weight excluding hydrogens is 230 g/mol. The van der Waals surface area contributed by atoms with E-state index >= 15 is 0 Å². The molecule has 0 aliphatic heterocycles. The highest BCUT2D eigenvalue weighted by Crippen LogP contribution is 2.28. The lowest BCUT2D eigenvalue weighted by Gasteiger charge is -2.19. The molecule has 0 bridgehead atoms. The maximum atomic E-state index is 12.2. The van der Waals surface area contributed by atoms with Gasteiger partial charge in [0.1, 0.15) is 0 Å². The first kappa shape index (κ1) is 14.4. The lowest BCUT2D eigenvalue weighted by Crippen LogP contribution is -2.30. The van der Waals surface area contributed by atoms with Gasteiger partial charge in [0.2, 0.25) is 0 Å². The van der Waals surface area contributed by atoms with Crippen LogP contribution in [0.3, 0.4) is 0 Å². The predicted molar refractivity (Wildman–Crippen MR) is 71.4 cm³/mol. The van der Waals surface area contributed by atoms with E-state index in [4.69, 9.17) is 9.47 Å². The molecule has 1 amide bonds. The molecule has 18 heavy (non-hydrogen) atoms. The van der Waals surface area contributed by atoms with Gasteiger partial charge in [-0.3, -0.25) is 4.79 Å². The van der Waals surface area contributed by atoms with E-state index in [0.29, 0.717) is 36.8 Å². The molecule has 1 aromatic rings. The fraction of sp³-hybridized carbons (Fsp3) is 0.500. The summed E-state index contributed by atoms with van der Waals surface area (Å²) in [7, 11) is 1.59. The smallest absolute Gasteiger partial charge is 0.253 e. The van der Waals surface area contributed by atoms with Crippen LogP contribution in [0, 0.1) is 0 Å². The van der Waals surface area contributed by atoms with E-state index in [9.17, 15) is 4.79 Å². The van der Waals surface area contributed by atoms with Gasteiger partial charge in [-0.2, -0.15) is 0 Å². The SMILES string of the molecule is CCOc1cc(C(=O)N(CC)CC)ccc1OC. The summed E-state index contributed by atoms with van der Waals surface area (Å²) in [5, 5.41) is 0. The summed E-state index contributed by atoms with van der Waals surface area (Å²) < 4.78 is 10.7. The Hall–Kier alpha value is -1.71. The van der Waals surface area contributed by atoms with Gasteiger partial charge in [-0.1, -0.05) is 0 Å². The molecule has 1 aromatic carbocycles. The summed E-state index contributed by atoms with van der Waals surface area (Å²) in [5.41, 5.74) is 0.628. The van der Waals surface area contributed by atoms with Gasteiger partial charge >= 0.3 is 0 Å². The summed E-state index contributed by atoms with van der Waals surface area (Å²) >= 11 is 0. The molecule has 0 spiro atoms. The third kappa shape index (κ3) is 3.15. The number of carbonyl (C=O) groups excluding carboxylic acids is 1. The Bertz CT molecular complexity index is 400. The van der Waals surface area contributed by atoms with Crippen LogP contribution >= 0.6 is 0 Å². The van der Waals surface area contributed by atoms with Gasteiger partial charge in [0.15, 0.2) is 11.5 Å². The zero-order valence-corrected chi connectivity index (χ0v) is 11.5. The number of ether oxygens (including phenoxy) is 2. The standard InChI is InChI=1S/C14H21NO3/c1-5-15(6-2)14(16)11-8-9-12(17-4)13(10-11)18-7-3/h8-10H,5-7H2,1-4H3. The Morgan fingerprint density at radius 2 is 1.83 bits per heavy atom. The Kier molecular flexibility index (Phi) is 5.49. The molecule has 0 radical (unpaired) electrons. The molecule has 0 atom stereocenters. The van der Waals surface area contributed by atoms with Crippen LogP contribution in [0.5, 0.6) is 11.5 Å². The number of nitrogens with zero attached hydrogens (tertiary/aromatic N) is 1. The van der Waals surface area contributed by atoms with E-state index in [1.165, 1.54) is 0 Å². The molecule has 4 heteroatoms. The summed E-state index contributed by atoms with van der Waals surface area (Å²) in [6.07, 6.45) is 0. The maximum absolute atomic E-state index is 12.2. The van der Waals surface area contributed by atoms with Crippen LogP contribution in [0.25, 0.3) is 0 Å². The Morgan fingerprint density at radius 1 is 1.17 bits per heavy atom. The van der Waals surface area contributed by atoms with Crippen molar-refractivity contribution < 1.29 is 14.3 Å². The first-order valence-electron chi connectivity index (χ1n) is 6.27. The van der Waals surface area contributed by atoms with Gasteiger partial charge in [-0.15, -0.1) is 0 Å². The van der Waals surface area contributed by atoms with Crippen molar-refractivity contribution in [3.05, 3.63) is 23.8 Å². The molecule has 100 valence electrons. The predicted octanol–water partition coefficient (Wildman–Crippen LogP) is 2.58. The molecule has 0 fully saturated rings. The van der Waals surface area contributed by atoms with Gasteiger partial charge in [0, 0.05) is 18.7 Å². The number of rotatable bonds is 6. The number of benzene rings is 1. The van der Waals surface area contributed by atoms with Gasteiger partial charge in [-0.05, 0) is 39.0 Å². The molecule has 4 nitrogen and oxygen atoms in total. The largest absolute Gasteiger partial charge is 0.493 e. The van der Waals surface area contributed by atoms with E-state index in [2.05, 4.69) is 0 Å². The Labute approximate surface area is 108 Å². The topological polar surface area (TPSA) is 38.8 Å². The second-order valence-electron chi connectivity index (χ2n) is 3.78. The van der Waals surface area contributed by atoms with Crippen LogP contribution in [0.15, 0.2) is 18.2 Å². The molecule has 0 unspecified atom stereocenters. The average Bonchev–Trinajstić information content (AvgIpc) is 2.40. The summed E-state index contributed by atoms with van der Waals surface area (Å²) in [5.74, 6) is 1.27. The van der Waals surface area contributed by atoms with E-state index in [0.717, 1.165) is 0 Å². The summed E-state index contributed by atoms with van der Waals surface area (Å²) in [6.45, 7) is 7.77.